The summed E-state index contributed by atoms with van der Waals surface area (Å²) >= 11 is 0. The Morgan fingerprint density at radius 2 is 1.92 bits per heavy atom. The molecule has 1 saturated heterocycles. The molecule has 0 unspecified atom stereocenters. The van der Waals surface area contributed by atoms with E-state index in [1.165, 1.54) is 27.8 Å². The van der Waals surface area contributed by atoms with Crippen molar-refractivity contribution in [2.75, 3.05) is 33.2 Å². The Bertz CT molecular complexity index is 787. The zero-order valence-corrected chi connectivity index (χ0v) is 16.8. The first-order valence-corrected chi connectivity index (χ1v) is 9.71. The SMILES string of the molecule is CCc1[nH]c2c(CNC(=O)[C@@H](C)N3CCN(C)CC3)cc(C)cc2c1C. The van der Waals surface area contributed by atoms with Crippen LogP contribution in [0.4, 0.5) is 0 Å². The van der Waals surface area contributed by atoms with E-state index in [1.807, 2.05) is 6.92 Å². The van der Waals surface area contributed by atoms with Gasteiger partial charge in [-0.25, -0.2) is 0 Å². The van der Waals surface area contributed by atoms with Crippen molar-refractivity contribution in [1.29, 1.82) is 0 Å². The van der Waals surface area contributed by atoms with E-state index in [4.69, 9.17) is 0 Å². The average Bonchev–Trinajstić information content (AvgIpc) is 2.95. The molecule has 3 rings (SSSR count). The summed E-state index contributed by atoms with van der Waals surface area (Å²) in [5.41, 5.74) is 6.17. The van der Waals surface area contributed by atoms with E-state index in [1.54, 1.807) is 0 Å². The number of carbonyl (C=O) groups is 1. The van der Waals surface area contributed by atoms with Gasteiger partial charge in [0, 0.05) is 43.8 Å². The summed E-state index contributed by atoms with van der Waals surface area (Å²) in [4.78, 5) is 20.8. The van der Waals surface area contributed by atoms with Crippen LogP contribution in [0.2, 0.25) is 0 Å². The highest BCUT2D eigenvalue weighted by atomic mass is 16.2. The number of benzene rings is 1. The van der Waals surface area contributed by atoms with Gasteiger partial charge >= 0.3 is 0 Å². The number of nitrogens with one attached hydrogen (secondary N) is 2. The molecular formula is C21H32N4O. The predicted octanol–water partition coefficient (Wildman–Crippen LogP) is 2.60. The molecule has 1 aromatic heterocycles. The normalized spacial score (nSPS) is 17.6. The number of piperazine rings is 1. The fourth-order valence-electron chi connectivity index (χ4n) is 3.91. The number of aromatic amines is 1. The predicted molar refractivity (Wildman–Crippen MR) is 108 cm³/mol. The molecule has 1 aromatic carbocycles. The van der Waals surface area contributed by atoms with Gasteiger partial charge in [0.15, 0.2) is 0 Å². The van der Waals surface area contributed by atoms with E-state index in [0.29, 0.717) is 6.54 Å². The third kappa shape index (κ3) is 3.79. The van der Waals surface area contributed by atoms with Crippen molar-refractivity contribution in [3.8, 4) is 0 Å². The van der Waals surface area contributed by atoms with Crippen molar-refractivity contribution in [3.63, 3.8) is 0 Å². The smallest absolute Gasteiger partial charge is 0.237 e. The fourth-order valence-corrected chi connectivity index (χ4v) is 3.91. The molecule has 0 bridgehead atoms. The standard InChI is InChI=1S/C21H32N4O/c1-6-19-15(3)18-12-14(2)11-17(20(18)23-19)13-22-21(26)16(4)25-9-7-24(5)8-10-25/h11-12,16,23H,6-10,13H2,1-5H3,(H,22,26)/t16-/m1/s1. The van der Waals surface area contributed by atoms with Crippen LogP contribution in [0.5, 0.6) is 0 Å². The molecule has 0 saturated carbocycles. The molecule has 5 nitrogen and oxygen atoms in total. The molecule has 2 aromatic rings. The molecule has 1 fully saturated rings. The van der Waals surface area contributed by atoms with Gasteiger partial charge in [0.1, 0.15) is 0 Å². The van der Waals surface area contributed by atoms with Gasteiger partial charge in [0.2, 0.25) is 5.91 Å². The van der Waals surface area contributed by atoms with Crippen LogP contribution in [0.1, 0.15) is 36.2 Å². The first kappa shape index (κ1) is 18.9. The lowest BCUT2D eigenvalue weighted by Gasteiger charge is -2.35. The average molecular weight is 357 g/mol. The summed E-state index contributed by atoms with van der Waals surface area (Å²) in [6.45, 7) is 13.0. The summed E-state index contributed by atoms with van der Waals surface area (Å²) in [6, 6.07) is 4.33. The zero-order valence-electron chi connectivity index (χ0n) is 16.8. The van der Waals surface area contributed by atoms with Crippen molar-refractivity contribution in [3.05, 3.63) is 34.5 Å². The van der Waals surface area contributed by atoms with Crippen LogP contribution in [-0.4, -0.2) is 60.0 Å². The highest BCUT2D eigenvalue weighted by Gasteiger charge is 2.24. The van der Waals surface area contributed by atoms with Crippen molar-refractivity contribution >= 4 is 16.8 Å². The molecule has 1 amide bonds. The van der Waals surface area contributed by atoms with Crippen LogP contribution < -0.4 is 5.32 Å². The Morgan fingerprint density at radius 3 is 2.58 bits per heavy atom. The molecule has 1 atom stereocenters. The summed E-state index contributed by atoms with van der Waals surface area (Å²) in [7, 11) is 2.13. The molecule has 1 aliphatic heterocycles. The number of fused-ring (bicyclic) bond motifs is 1. The topological polar surface area (TPSA) is 51.4 Å². The number of hydrogen-bond acceptors (Lipinski definition) is 3. The molecule has 1 aliphatic rings. The van der Waals surface area contributed by atoms with Gasteiger partial charge < -0.3 is 15.2 Å². The highest BCUT2D eigenvalue weighted by Crippen LogP contribution is 2.26. The van der Waals surface area contributed by atoms with Gasteiger partial charge in [-0.1, -0.05) is 18.6 Å². The van der Waals surface area contributed by atoms with E-state index in [-0.39, 0.29) is 11.9 Å². The van der Waals surface area contributed by atoms with E-state index in [9.17, 15) is 4.79 Å². The lowest BCUT2D eigenvalue weighted by molar-refractivity contribution is -0.126. The number of hydrogen-bond donors (Lipinski definition) is 2. The molecule has 5 heteroatoms. The van der Waals surface area contributed by atoms with Crippen LogP contribution in [-0.2, 0) is 17.8 Å². The lowest BCUT2D eigenvalue weighted by Crippen LogP contribution is -2.52. The Balaban J connectivity index is 1.72. The first-order valence-electron chi connectivity index (χ1n) is 9.71. The number of amides is 1. The van der Waals surface area contributed by atoms with Gasteiger partial charge in [-0.15, -0.1) is 0 Å². The maximum atomic E-state index is 12.7. The Labute approximate surface area is 156 Å². The molecule has 2 N–H and O–H groups in total. The quantitative estimate of drug-likeness (QED) is 0.866. The summed E-state index contributed by atoms with van der Waals surface area (Å²) in [6.07, 6.45) is 0.992. The largest absolute Gasteiger partial charge is 0.358 e. The van der Waals surface area contributed by atoms with E-state index in [2.05, 4.69) is 60.1 Å². The molecule has 26 heavy (non-hydrogen) atoms. The third-order valence-corrected chi connectivity index (χ3v) is 5.77. The molecular weight excluding hydrogens is 324 g/mol. The van der Waals surface area contributed by atoms with E-state index in [0.717, 1.165) is 38.1 Å². The van der Waals surface area contributed by atoms with Crippen LogP contribution in [0.25, 0.3) is 10.9 Å². The monoisotopic (exact) mass is 356 g/mol. The second-order valence-corrected chi connectivity index (χ2v) is 7.66. The van der Waals surface area contributed by atoms with Crippen molar-refractivity contribution in [1.82, 2.24) is 20.1 Å². The minimum Gasteiger partial charge on any atom is -0.358 e. The van der Waals surface area contributed by atoms with Crippen molar-refractivity contribution in [2.45, 2.75) is 46.7 Å². The summed E-state index contributed by atoms with van der Waals surface area (Å²) in [5.74, 6) is 0.114. The van der Waals surface area contributed by atoms with Gasteiger partial charge in [-0.3, -0.25) is 9.69 Å². The van der Waals surface area contributed by atoms with Gasteiger partial charge in [0.25, 0.3) is 0 Å². The molecule has 2 heterocycles. The Hall–Kier alpha value is -1.85. The number of aromatic nitrogens is 1. The number of carbonyl (C=O) groups excluding carboxylic acids is 1. The second-order valence-electron chi connectivity index (χ2n) is 7.66. The molecule has 0 spiro atoms. The van der Waals surface area contributed by atoms with Gasteiger partial charge in [0.05, 0.1) is 11.6 Å². The minimum absolute atomic E-state index is 0.0828. The third-order valence-electron chi connectivity index (χ3n) is 5.77. The number of nitrogens with zero attached hydrogens (tertiary/aromatic N) is 2. The fraction of sp³-hybridized carbons (Fsp3) is 0.571. The number of aryl methyl sites for hydroxylation is 3. The van der Waals surface area contributed by atoms with Crippen LogP contribution in [0.15, 0.2) is 12.1 Å². The van der Waals surface area contributed by atoms with Crippen LogP contribution >= 0.6 is 0 Å². The highest BCUT2D eigenvalue weighted by molar-refractivity contribution is 5.88. The number of rotatable bonds is 5. The maximum Gasteiger partial charge on any atom is 0.237 e. The first-order chi connectivity index (χ1) is 12.4. The van der Waals surface area contributed by atoms with Gasteiger partial charge in [-0.2, -0.15) is 0 Å². The van der Waals surface area contributed by atoms with Crippen LogP contribution in [0, 0.1) is 13.8 Å². The number of H-pyrrole nitrogens is 1. The zero-order chi connectivity index (χ0) is 18.8. The lowest BCUT2D eigenvalue weighted by atomic mass is 10.0. The van der Waals surface area contributed by atoms with E-state index < -0.39 is 0 Å². The minimum atomic E-state index is -0.0828. The molecule has 0 aliphatic carbocycles. The van der Waals surface area contributed by atoms with Crippen LogP contribution in [0.3, 0.4) is 0 Å². The van der Waals surface area contributed by atoms with Gasteiger partial charge in [-0.05, 0) is 51.4 Å². The molecule has 142 valence electrons. The maximum absolute atomic E-state index is 12.7. The summed E-state index contributed by atoms with van der Waals surface area (Å²) < 4.78 is 0. The molecule has 0 radical (unpaired) electrons. The summed E-state index contributed by atoms with van der Waals surface area (Å²) in [5, 5.41) is 4.44. The Morgan fingerprint density at radius 1 is 1.23 bits per heavy atom. The Kier molecular flexibility index (Phi) is 5.68. The van der Waals surface area contributed by atoms with Crippen molar-refractivity contribution < 1.29 is 4.79 Å². The number of likely N-dealkylation sites (N-methyl/N-ethyl adjacent to an activating group) is 1. The van der Waals surface area contributed by atoms with Crippen molar-refractivity contribution in [2.24, 2.45) is 0 Å². The second kappa shape index (κ2) is 7.80. The van der Waals surface area contributed by atoms with E-state index >= 15 is 0 Å².